The molecule has 4 rings (SSSR count). The molecule has 1 aromatic heterocycles. The third kappa shape index (κ3) is 13.5. The molecule has 0 spiro atoms. The lowest BCUT2D eigenvalue weighted by atomic mass is 9.74. The summed E-state index contributed by atoms with van der Waals surface area (Å²) < 4.78 is 0. The zero-order valence-corrected chi connectivity index (χ0v) is 33.9. The van der Waals surface area contributed by atoms with E-state index in [0.29, 0.717) is 18.0 Å². The van der Waals surface area contributed by atoms with Crippen molar-refractivity contribution >= 4 is 11.9 Å². The lowest BCUT2D eigenvalue weighted by Crippen LogP contribution is -2.62. The maximum absolute atomic E-state index is 5.02. The summed E-state index contributed by atoms with van der Waals surface area (Å²) >= 11 is 0. The molecule has 3 aliphatic heterocycles. The van der Waals surface area contributed by atoms with Crippen LogP contribution in [0.4, 0.5) is 11.9 Å². The molecule has 0 atom stereocenters. The van der Waals surface area contributed by atoms with Crippen molar-refractivity contribution < 1.29 is 0 Å². The Morgan fingerprint density at radius 3 is 1.71 bits per heavy atom. The fourth-order valence-electron chi connectivity index (χ4n) is 10.5. The van der Waals surface area contributed by atoms with Gasteiger partial charge in [-0.2, -0.15) is 4.98 Å². The summed E-state index contributed by atoms with van der Waals surface area (Å²) in [7, 11) is 0. The molecule has 49 heavy (non-hydrogen) atoms. The van der Waals surface area contributed by atoms with Crippen molar-refractivity contribution in [2.24, 2.45) is 5.92 Å². The van der Waals surface area contributed by atoms with Crippen LogP contribution < -0.4 is 31.5 Å². The highest BCUT2D eigenvalue weighted by Crippen LogP contribution is 2.36. The molecule has 0 radical (unpaired) electrons. The quantitative estimate of drug-likeness (QED) is 0.113. The summed E-state index contributed by atoms with van der Waals surface area (Å²) in [5, 5.41) is 18.9. The van der Waals surface area contributed by atoms with Gasteiger partial charge in [0, 0.05) is 58.4 Å². The minimum Gasteiger partial charge on any atom is -0.354 e. The Labute approximate surface area is 301 Å². The van der Waals surface area contributed by atoms with Gasteiger partial charge >= 0.3 is 0 Å². The third-order valence-electron chi connectivity index (χ3n) is 11.0. The topological polar surface area (TPSA) is 102 Å². The number of anilines is 2. The summed E-state index contributed by atoms with van der Waals surface area (Å²) in [6.07, 6.45) is 17.2. The number of unbranched alkanes of at least 4 members (excludes halogenated alkanes) is 4. The standard InChI is InChI=1S/C40H77N9/c1-35(2)23-30(24-36(3,4)46-35)19-15-17-21-42-33-43-29-44-34(45-33)49(32-27-39(9,10)48-40(11,12)28-32)22-18-14-13-16-20-41-31-25-37(5,6)47-38(7,8)26-31/h29-32,41,46-48H,13-28H2,1-12H3,(H,42,43,44,45). The first kappa shape index (κ1) is 40.2. The second-order valence-corrected chi connectivity index (χ2v) is 20.2. The van der Waals surface area contributed by atoms with Crippen molar-refractivity contribution in [3.8, 4) is 0 Å². The van der Waals surface area contributed by atoms with E-state index < -0.39 is 0 Å². The Bertz CT molecular complexity index is 1130. The predicted octanol–water partition coefficient (Wildman–Crippen LogP) is 7.59. The Balaban J connectivity index is 1.28. The zero-order valence-electron chi connectivity index (χ0n) is 33.9. The minimum absolute atomic E-state index is 0.0566. The van der Waals surface area contributed by atoms with E-state index in [9.17, 15) is 0 Å². The molecule has 0 amide bonds. The van der Waals surface area contributed by atoms with Crippen molar-refractivity contribution in [2.75, 3.05) is 29.9 Å². The van der Waals surface area contributed by atoms with Gasteiger partial charge in [0.1, 0.15) is 6.33 Å². The van der Waals surface area contributed by atoms with Gasteiger partial charge < -0.3 is 31.5 Å². The Morgan fingerprint density at radius 2 is 1.12 bits per heavy atom. The molecule has 3 aliphatic rings. The lowest BCUT2D eigenvalue weighted by molar-refractivity contribution is 0.122. The summed E-state index contributed by atoms with van der Waals surface area (Å²) in [6.45, 7) is 31.1. The van der Waals surface area contributed by atoms with E-state index in [1.165, 1.54) is 57.8 Å². The molecule has 1 aromatic rings. The Hall–Kier alpha value is -1.55. The summed E-state index contributed by atoms with van der Waals surface area (Å²) in [5.41, 5.74) is 0.924. The Kier molecular flexibility index (Phi) is 13.1. The highest BCUT2D eigenvalue weighted by molar-refractivity contribution is 5.37. The van der Waals surface area contributed by atoms with Crippen LogP contribution in [0.3, 0.4) is 0 Å². The molecule has 0 bridgehead atoms. The van der Waals surface area contributed by atoms with Crippen molar-refractivity contribution in [1.82, 2.24) is 36.2 Å². The fourth-order valence-corrected chi connectivity index (χ4v) is 10.5. The van der Waals surface area contributed by atoms with Crippen LogP contribution in [0.1, 0.15) is 167 Å². The lowest BCUT2D eigenvalue weighted by Gasteiger charge is -2.49. The summed E-state index contributed by atoms with van der Waals surface area (Å²) in [6, 6.07) is 0.975. The van der Waals surface area contributed by atoms with Gasteiger partial charge in [-0.05, 0) is 153 Å². The van der Waals surface area contributed by atoms with E-state index in [-0.39, 0.29) is 33.2 Å². The van der Waals surface area contributed by atoms with Gasteiger partial charge in [0.2, 0.25) is 11.9 Å². The average molecular weight is 684 g/mol. The normalized spacial score (nSPS) is 24.8. The highest BCUT2D eigenvalue weighted by atomic mass is 15.3. The van der Waals surface area contributed by atoms with Gasteiger partial charge in [-0.1, -0.05) is 25.7 Å². The monoisotopic (exact) mass is 684 g/mol. The van der Waals surface area contributed by atoms with Crippen LogP contribution in [-0.4, -0.2) is 79.9 Å². The summed E-state index contributed by atoms with van der Waals surface area (Å²) in [4.78, 5) is 16.8. The fraction of sp³-hybridized carbons (Fsp3) is 0.925. The molecule has 0 aromatic carbocycles. The first-order valence-corrected chi connectivity index (χ1v) is 19.9. The molecule has 5 N–H and O–H groups in total. The maximum Gasteiger partial charge on any atom is 0.230 e. The summed E-state index contributed by atoms with van der Waals surface area (Å²) in [5.74, 6) is 2.32. The molecule has 0 aliphatic carbocycles. The third-order valence-corrected chi connectivity index (χ3v) is 11.0. The first-order valence-electron chi connectivity index (χ1n) is 19.9. The van der Waals surface area contributed by atoms with Gasteiger partial charge in [-0.3, -0.25) is 0 Å². The van der Waals surface area contributed by atoms with Crippen molar-refractivity contribution in [1.29, 1.82) is 0 Å². The molecular weight excluding hydrogens is 607 g/mol. The van der Waals surface area contributed by atoms with Crippen molar-refractivity contribution in [3.63, 3.8) is 0 Å². The molecule has 3 fully saturated rings. The van der Waals surface area contributed by atoms with E-state index in [4.69, 9.17) is 9.97 Å². The van der Waals surface area contributed by atoms with Crippen LogP contribution >= 0.6 is 0 Å². The number of rotatable bonds is 16. The SMILES string of the molecule is CC1(C)CC(CCCCNc2ncnc(N(CCCCCCNC3CC(C)(C)NC(C)(C)C3)C3CC(C)(C)NC(C)(C)C3)n2)CC(C)(C)N1. The van der Waals surface area contributed by atoms with Gasteiger partial charge in [0.05, 0.1) is 0 Å². The van der Waals surface area contributed by atoms with E-state index in [1.807, 2.05) is 0 Å². The van der Waals surface area contributed by atoms with Crippen LogP contribution in [0.2, 0.25) is 0 Å². The number of hydrogen-bond acceptors (Lipinski definition) is 9. The number of nitrogens with zero attached hydrogens (tertiary/aromatic N) is 4. The molecule has 4 heterocycles. The number of nitrogens with one attached hydrogen (secondary N) is 5. The van der Waals surface area contributed by atoms with Crippen LogP contribution in [-0.2, 0) is 0 Å². The molecule has 0 unspecified atom stereocenters. The van der Waals surface area contributed by atoms with E-state index >= 15 is 0 Å². The molecule has 9 nitrogen and oxygen atoms in total. The van der Waals surface area contributed by atoms with Crippen LogP contribution in [0, 0.1) is 5.92 Å². The predicted molar refractivity (Wildman–Crippen MR) is 209 cm³/mol. The number of hydrogen-bond donors (Lipinski definition) is 5. The van der Waals surface area contributed by atoms with Crippen molar-refractivity contribution in [2.45, 2.75) is 212 Å². The van der Waals surface area contributed by atoms with Crippen LogP contribution in [0.5, 0.6) is 0 Å². The molecule has 282 valence electrons. The molecule has 3 saturated heterocycles. The Morgan fingerprint density at radius 1 is 0.612 bits per heavy atom. The second-order valence-electron chi connectivity index (χ2n) is 20.2. The molecular formula is C40H77N9. The molecule has 9 heteroatoms. The minimum atomic E-state index is 0.0566. The molecule has 0 saturated carbocycles. The average Bonchev–Trinajstić information content (AvgIpc) is 2.89. The van der Waals surface area contributed by atoms with E-state index in [0.717, 1.165) is 57.2 Å². The van der Waals surface area contributed by atoms with Gasteiger partial charge in [0.15, 0.2) is 0 Å². The highest BCUT2D eigenvalue weighted by Gasteiger charge is 2.41. The van der Waals surface area contributed by atoms with Gasteiger partial charge in [-0.25, -0.2) is 9.97 Å². The maximum atomic E-state index is 5.02. The smallest absolute Gasteiger partial charge is 0.230 e. The second kappa shape index (κ2) is 16.0. The van der Waals surface area contributed by atoms with Crippen LogP contribution in [0.25, 0.3) is 0 Å². The van der Waals surface area contributed by atoms with Gasteiger partial charge in [0.25, 0.3) is 0 Å². The van der Waals surface area contributed by atoms with Crippen molar-refractivity contribution in [3.05, 3.63) is 6.33 Å². The van der Waals surface area contributed by atoms with Gasteiger partial charge in [-0.15, -0.1) is 0 Å². The van der Waals surface area contributed by atoms with Crippen LogP contribution in [0.15, 0.2) is 6.33 Å². The number of aromatic nitrogens is 3. The largest absolute Gasteiger partial charge is 0.354 e. The first-order chi connectivity index (χ1) is 22.6. The van der Waals surface area contributed by atoms with E-state index in [1.54, 1.807) is 6.33 Å². The zero-order chi connectivity index (χ0) is 36.1. The number of piperidine rings is 3. The van der Waals surface area contributed by atoms with E-state index in [2.05, 4.69) is 120 Å².